The lowest BCUT2D eigenvalue weighted by molar-refractivity contribution is 0.482. The number of rotatable bonds is 5. The molecule has 0 heterocycles. The van der Waals surface area contributed by atoms with Gasteiger partial charge in [0.2, 0.25) is 10.0 Å². The first-order valence-electron chi connectivity index (χ1n) is 4.99. The van der Waals surface area contributed by atoms with Crippen LogP contribution in [0.3, 0.4) is 0 Å². The molecule has 1 unspecified atom stereocenters. The molecular formula is C10H14F2N2O2S. The van der Waals surface area contributed by atoms with E-state index in [4.69, 9.17) is 0 Å². The molecule has 0 fully saturated rings. The van der Waals surface area contributed by atoms with Crippen molar-refractivity contribution in [3.8, 4) is 0 Å². The van der Waals surface area contributed by atoms with Crippen LogP contribution in [0.15, 0.2) is 23.1 Å². The van der Waals surface area contributed by atoms with E-state index >= 15 is 0 Å². The molecule has 0 radical (unpaired) electrons. The lowest BCUT2D eigenvalue weighted by Crippen LogP contribution is -2.37. The monoisotopic (exact) mass is 264 g/mol. The van der Waals surface area contributed by atoms with Crippen molar-refractivity contribution in [3.63, 3.8) is 0 Å². The van der Waals surface area contributed by atoms with Gasteiger partial charge in [-0.25, -0.2) is 21.9 Å². The van der Waals surface area contributed by atoms with Gasteiger partial charge in [0.15, 0.2) is 11.6 Å². The van der Waals surface area contributed by atoms with E-state index < -0.39 is 26.6 Å². The minimum absolute atomic E-state index is 0.0921. The second kappa shape index (κ2) is 5.52. The van der Waals surface area contributed by atoms with Gasteiger partial charge >= 0.3 is 0 Å². The Morgan fingerprint density at radius 1 is 1.35 bits per heavy atom. The van der Waals surface area contributed by atoms with Crippen molar-refractivity contribution in [2.45, 2.75) is 17.9 Å². The molecular weight excluding hydrogens is 250 g/mol. The maximum atomic E-state index is 13.3. The molecule has 2 N–H and O–H groups in total. The highest BCUT2D eigenvalue weighted by Crippen LogP contribution is 2.16. The Morgan fingerprint density at radius 2 is 2.00 bits per heavy atom. The Labute approximate surface area is 99.1 Å². The Balaban J connectivity index is 2.94. The van der Waals surface area contributed by atoms with E-state index in [1.54, 1.807) is 14.0 Å². The predicted molar refractivity (Wildman–Crippen MR) is 60.1 cm³/mol. The Kier molecular flexibility index (Phi) is 4.55. The van der Waals surface area contributed by atoms with Crippen molar-refractivity contribution in [3.05, 3.63) is 29.8 Å². The second-order valence-corrected chi connectivity index (χ2v) is 5.33. The van der Waals surface area contributed by atoms with Crippen LogP contribution in [0.5, 0.6) is 0 Å². The van der Waals surface area contributed by atoms with Gasteiger partial charge in [0.1, 0.15) is 4.90 Å². The standard InChI is InChI=1S/C10H14F2N2O2S/c1-7(13-2)6-14-17(15,16)9-5-3-4-8(11)10(9)12/h3-5,7,13-14H,6H2,1-2H3. The molecule has 1 aromatic rings. The molecule has 0 aliphatic carbocycles. The van der Waals surface area contributed by atoms with Crippen LogP contribution in [0, 0.1) is 11.6 Å². The fourth-order valence-corrected chi connectivity index (χ4v) is 2.32. The molecule has 0 aromatic heterocycles. The fraction of sp³-hybridized carbons (Fsp3) is 0.400. The van der Waals surface area contributed by atoms with Gasteiger partial charge in [0.25, 0.3) is 0 Å². The van der Waals surface area contributed by atoms with Crippen LogP contribution in [0.2, 0.25) is 0 Å². The van der Waals surface area contributed by atoms with Crippen molar-refractivity contribution in [1.29, 1.82) is 0 Å². The summed E-state index contributed by atoms with van der Waals surface area (Å²) in [6.45, 7) is 1.85. The van der Waals surface area contributed by atoms with Crippen molar-refractivity contribution in [1.82, 2.24) is 10.0 Å². The first kappa shape index (κ1) is 14.0. The molecule has 0 aliphatic rings. The number of likely N-dealkylation sites (N-methyl/N-ethyl adjacent to an activating group) is 1. The summed E-state index contributed by atoms with van der Waals surface area (Å²) in [5.74, 6) is -2.55. The highest BCUT2D eigenvalue weighted by Gasteiger charge is 2.21. The van der Waals surface area contributed by atoms with Crippen LogP contribution in [0.25, 0.3) is 0 Å². The normalized spacial score (nSPS) is 13.6. The summed E-state index contributed by atoms with van der Waals surface area (Å²) in [4.78, 5) is -0.680. The van der Waals surface area contributed by atoms with E-state index in [9.17, 15) is 17.2 Å². The number of halogens is 2. The average Bonchev–Trinajstić information content (AvgIpc) is 2.29. The van der Waals surface area contributed by atoms with E-state index in [0.717, 1.165) is 18.2 Å². The van der Waals surface area contributed by atoms with Gasteiger partial charge < -0.3 is 5.32 Å². The highest BCUT2D eigenvalue weighted by molar-refractivity contribution is 7.89. The van der Waals surface area contributed by atoms with E-state index in [1.807, 2.05) is 0 Å². The van der Waals surface area contributed by atoms with Crippen LogP contribution in [-0.2, 0) is 10.0 Å². The van der Waals surface area contributed by atoms with Crippen molar-refractivity contribution >= 4 is 10.0 Å². The summed E-state index contributed by atoms with van der Waals surface area (Å²) in [5.41, 5.74) is 0. The zero-order valence-electron chi connectivity index (χ0n) is 9.50. The molecule has 17 heavy (non-hydrogen) atoms. The molecule has 7 heteroatoms. The van der Waals surface area contributed by atoms with Crippen LogP contribution in [-0.4, -0.2) is 28.1 Å². The molecule has 1 rings (SSSR count). The first-order valence-corrected chi connectivity index (χ1v) is 6.47. The Hall–Kier alpha value is -1.05. The minimum Gasteiger partial charge on any atom is -0.316 e. The van der Waals surface area contributed by atoms with Gasteiger partial charge in [-0.2, -0.15) is 0 Å². The third kappa shape index (κ3) is 3.45. The summed E-state index contributed by atoms with van der Waals surface area (Å²) in [6.07, 6.45) is 0. The highest BCUT2D eigenvalue weighted by atomic mass is 32.2. The predicted octanol–water partition coefficient (Wildman–Crippen LogP) is 0.851. The number of hydrogen-bond donors (Lipinski definition) is 2. The molecule has 0 saturated heterocycles. The van der Waals surface area contributed by atoms with Crippen molar-refractivity contribution < 1.29 is 17.2 Å². The third-order valence-corrected chi connectivity index (χ3v) is 3.72. The molecule has 0 amide bonds. The summed E-state index contributed by atoms with van der Waals surface area (Å²) in [7, 11) is -2.36. The van der Waals surface area contributed by atoms with E-state index in [-0.39, 0.29) is 12.6 Å². The van der Waals surface area contributed by atoms with Gasteiger partial charge in [-0.15, -0.1) is 0 Å². The molecule has 1 aromatic carbocycles. The van der Waals surface area contributed by atoms with Gasteiger partial charge in [-0.05, 0) is 26.1 Å². The quantitative estimate of drug-likeness (QED) is 0.829. The van der Waals surface area contributed by atoms with Gasteiger partial charge in [-0.1, -0.05) is 6.07 Å². The Bertz CT molecular complexity index is 491. The van der Waals surface area contributed by atoms with Gasteiger partial charge in [-0.3, -0.25) is 0 Å². The lowest BCUT2D eigenvalue weighted by Gasteiger charge is -2.12. The minimum atomic E-state index is -4.02. The molecule has 96 valence electrons. The summed E-state index contributed by atoms with van der Waals surface area (Å²) < 4.78 is 51.7. The van der Waals surface area contributed by atoms with Gasteiger partial charge in [0, 0.05) is 12.6 Å². The molecule has 4 nitrogen and oxygen atoms in total. The van der Waals surface area contributed by atoms with Gasteiger partial charge in [0.05, 0.1) is 0 Å². The summed E-state index contributed by atoms with van der Waals surface area (Å²) in [6, 6.07) is 2.92. The SMILES string of the molecule is CNC(C)CNS(=O)(=O)c1cccc(F)c1F. The van der Waals surface area contributed by atoms with Crippen LogP contribution in [0.4, 0.5) is 8.78 Å². The maximum absolute atomic E-state index is 13.3. The average molecular weight is 264 g/mol. The molecule has 0 spiro atoms. The smallest absolute Gasteiger partial charge is 0.243 e. The third-order valence-electron chi connectivity index (χ3n) is 2.28. The van der Waals surface area contributed by atoms with E-state index in [1.165, 1.54) is 0 Å². The van der Waals surface area contributed by atoms with Crippen LogP contribution in [0.1, 0.15) is 6.92 Å². The van der Waals surface area contributed by atoms with Crippen molar-refractivity contribution in [2.75, 3.05) is 13.6 Å². The first-order chi connectivity index (χ1) is 7.88. The second-order valence-electron chi connectivity index (χ2n) is 3.59. The number of benzene rings is 1. The topological polar surface area (TPSA) is 58.2 Å². The zero-order valence-corrected chi connectivity index (χ0v) is 10.3. The van der Waals surface area contributed by atoms with Crippen LogP contribution >= 0.6 is 0 Å². The van der Waals surface area contributed by atoms with E-state index in [2.05, 4.69) is 10.0 Å². The molecule has 0 saturated carbocycles. The molecule has 0 bridgehead atoms. The molecule has 0 aliphatic heterocycles. The van der Waals surface area contributed by atoms with Crippen LogP contribution < -0.4 is 10.0 Å². The van der Waals surface area contributed by atoms with Crippen molar-refractivity contribution in [2.24, 2.45) is 0 Å². The summed E-state index contributed by atoms with van der Waals surface area (Å²) in [5, 5.41) is 2.82. The zero-order chi connectivity index (χ0) is 13.1. The Morgan fingerprint density at radius 3 is 2.59 bits per heavy atom. The summed E-state index contributed by atoms with van der Waals surface area (Å²) >= 11 is 0. The lowest BCUT2D eigenvalue weighted by atomic mass is 10.3. The maximum Gasteiger partial charge on any atom is 0.243 e. The number of hydrogen-bond acceptors (Lipinski definition) is 3. The number of sulfonamides is 1. The number of nitrogens with one attached hydrogen (secondary N) is 2. The van der Waals surface area contributed by atoms with E-state index in [0.29, 0.717) is 0 Å². The largest absolute Gasteiger partial charge is 0.316 e. The molecule has 1 atom stereocenters. The fourth-order valence-electron chi connectivity index (χ4n) is 1.11.